The Labute approximate surface area is 85.4 Å². The highest BCUT2D eigenvalue weighted by atomic mass is 16.5. The van der Waals surface area contributed by atoms with Crippen molar-refractivity contribution in [3.63, 3.8) is 0 Å². The number of carbonyl (C=O) groups excluding carboxylic acids is 1. The largest absolute Gasteiger partial charge is 0.469 e. The zero-order chi connectivity index (χ0) is 9.97. The summed E-state index contributed by atoms with van der Waals surface area (Å²) in [4.78, 5) is 13.5. The van der Waals surface area contributed by atoms with Crippen LogP contribution in [0.1, 0.15) is 32.1 Å². The molecule has 0 atom stereocenters. The summed E-state index contributed by atoms with van der Waals surface area (Å²) in [5.74, 6) is 0.847. The van der Waals surface area contributed by atoms with Crippen LogP contribution in [0, 0.1) is 5.92 Å². The van der Waals surface area contributed by atoms with Crippen LogP contribution in [0.4, 0.5) is 0 Å². The van der Waals surface area contributed by atoms with Crippen LogP contribution in [0.15, 0.2) is 0 Å². The molecular weight excluding hydrogens is 178 g/mol. The summed E-state index contributed by atoms with van der Waals surface area (Å²) in [6.07, 6.45) is 5.99. The lowest BCUT2D eigenvalue weighted by Crippen LogP contribution is -2.30. The first kappa shape index (κ1) is 9.97. The molecule has 0 amide bonds. The van der Waals surface area contributed by atoms with E-state index in [1.807, 2.05) is 0 Å². The molecular formula is C11H19NO2. The highest BCUT2D eigenvalue weighted by molar-refractivity contribution is 5.69. The molecule has 0 radical (unpaired) electrons. The second-order valence-electron chi connectivity index (χ2n) is 4.50. The molecule has 2 aliphatic rings. The van der Waals surface area contributed by atoms with E-state index in [4.69, 9.17) is 0 Å². The first-order valence-corrected chi connectivity index (χ1v) is 5.60. The molecule has 0 N–H and O–H groups in total. The second kappa shape index (κ2) is 4.30. The number of hydrogen-bond donors (Lipinski definition) is 0. The molecule has 0 aromatic carbocycles. The number of carbonyl (C=O) groups is 1. The monoisotopic (exact) mass is 197 g/mol. The van der Waals surface area contributed by atoms with Gasteiger partial charge >= 0.3 is 5.97 Å². The molecule has 0 spiro atoms. The fourth-order valence-electron chi connectivity index (χ4n) is 1.83. The zero-order valence-corrected chi connectivity index (χ0v) is 8.87. The summed E-state index contributed by atoms with van der Waals surface area (Å²) in [5, 5.41) is 0. The Hall–Kier alpha value is -0.570. The predicted molar refractivity (Wildman–Crippen MR) is 54.0 cm³/mol. The van der Waals surface area contributed by atoms with Crippen LogP contribution in [0.25, 0.3) is 0 Å². The summed E-state index contributed by atoms with van der Waals surface area (Å²) in [6, 6.07) is 0.778. The third-order valence-electron chi connectivity index (χ3n) is 3.08. The normalized spacial score (nSPS) is 21.3. The van der Waals surface area contributed by atoms with Crippen LogP contribution < -0.4 is 0 Å². The van der Waals surface area contributed by atoms with Crippen LogP contribution in [-0.4, -0.2) is 37.1 Å². The molecule has 2 fully saturated rings. The number of methoxy groups -OCH3 is 1. The van der Waals surface area contributed by atoms with Crippen molar-refractivity contribution in [1.29, 1.82) is 0 Å². The van der Waals surface area contributed by atoms with Crippen molar-refractivity contribution >= 4 is 5.97 Å². The minimum absolute atomic E-state index is 0.0774. The molecule has 0 aromatic rings. The van der Waals surface area contributed by atoms with Gasteiger partial charge in [0.25, 0.3) is 0 Å². The van der Waals surface area contributed by atoms with Crippen molar-refractivity contribution in [2.24, 2.45) is 5.92 Å². The van der Waals surface area contributed by atoms with Crippen molar-refractivity contribution < 1.29 is 9.53 Å². The summed E-state index contributed by atoms with van der Waals surface area (Å²) >= 11 is 0. The summed E-state index contributed by atoms with van der Waals surface area (Å²) in [6.45, 7) is 2.11. The van der Waals surface area contributed by atoms with Gasteiger partial charge in [-0.2, -0.15) is 0 Å². The summed E-state index contributed by atoms with van der Waals surface area (Å²) in [7, 11) is 1.46. The van der Waals surface area contributed by atoms with Gasteiger partial charge in [-0.1, -0.05) is 0 Å². The SMILES string of the molecule is COC(=O)CCN(CC1CC1)C1CC1. The second-order valence-corrected chi connectivity index (χ2v) is 4.50. The standard InChI is InChI=1S/C11H19NO2/c1-14-11(13)6-7-12(10-4-5-10)8-9-2-3-9/h9-10H,2-8H2,1H3. The van der Waals surface area contributed by atoms with Crippen LogP contribution in [-0.2, 0) is 9.53 Å². The molecule has 0 heterocycles. The van der Waals surface area contributed by atoms with E-state index in [0.29, 0.717) is 6.42 Å². The number of hydrogen-bond acceptors (Lipinski definition) is 3. The van der Waals surface area contributed by atoms with Gasteiger partial charge in [0.1, 0.15) is 0 Å². The molecule has 3 nitrogen and oxygen atoms in total. The minimum Gasteiger partial charge on any atom is -0.469 e. The third kappa shape index (κ3) is 2.98. The van der Waals surface area contributed by atoms with Gasteiger partial charge < -0.3 is 4.74 Å². The van der Waals surface area contributed by atoms with E-state index in [2.05, 4.69) is 9.64 Å². The Kier molecular flexibility index (Phi) is 3.06. The predicted octanol–water partition coefficient (Wildman–Crippen LogP) is 1.42. The zero-order valence-electron chi connectivity index (χ0n) is 8.87. The number of esters is 1. The van der Waals surface area contributed by atoms with E-state index in [0.717, 1.165) is 18.5 Å². The Balaban J connectivity index is 1.69. The Morgan fingerprint density at radius 1 is 1.36 bits per heavy atom. The van der Waals surface area contributed by atoms with E-state index < -0.39 is 0 Å². The van der Waals surface area contributed by atoms with E-state index in [1.165, 1.54) is 39.3 Å². The van der Waals surface area contributed by atoms with Crippen LogP contribution in [0.5, 0.6) is 0 Å². The number of ether oxygens (including phenoxy) is 1. The maximum atomic E-state index is 11.0. The van der Waals surface area contributed by atoms with Gasteiger partial charge in [-0.05, 0) is 31.6 Å². The summed E-state index contributed by atoms with van der Waals surface area (Å²) < 4.78 is 4.66. The van der Waals surface area contributed by atoms with Crippen molar-refractivity contribution in [3.05, 3.63) is 0 Å². The molecule has 0 unspecified atom stereocenters. The van der Waals surface area contributed by atoms with Gasteiger partial charge in [0.05, 0.1) is 13.5 Å². The highest BCUT2D eigenvalue weighted by Crippen LogP contribution is 2.34. The molecule has 3 heteroatoms. The highest BCUT2D eigenvalue weighted by Gasteiger charge is 2.33. The van der Waals surface area contributed by atoms with E-state index in [1.54, 1.807) is 0 Å². The van der Waals surface area contributed by atoms with E-state index in [-0.39, 0.29) is 5.97 Å². The fraction of sp³-hybridized carbons (Fsp3) is 0.909. The average molecular weight is 197 g/mol. The lowest BCUT2D eigenvalue weighted by atomic mass is 10.3. The first-order chi connectivity index (χ1) is 6.79. The van der Waals surface area contributed by atoms with Gasteiger partial charge in [-0.15, -0.1) is 0 Å². The molecule has 14 heavy (non-hydrogen) atoms. The lowest BCUT2D eigenvalue weighted by Gasteiger charge is -2.20. The minimum atomic E-state index is -0.0774. The van der Waals surface area contributed by atoms with Gasteiger partial charge in [-0.3, -0.25) is 9.69 Å². The van der Waals surface area contributed by atoms with Crippen molar-refractivity contribution in [3.8, 4) is 0 Å². The molecule has 2 saturated carbocycles. The Bertz CT molecular complexity index is 209. The molecule has 80 valence electrons. The van der Waals surface area contributed by atoms with Crippen LogP contribution in [0.2, 0.25) is 0 Å². The molecule has 2 rings (SSSR count). The van der Waals surface area contributed by atoms with E-state index in [9.17, 15) is 4.79 Å². The Morgan fingerprint density at radius 2 is 2.07 bits per heavy atom. The van der Waals surface area contributed by atoms with Crippen molar-refractivity contribution in [2.45, 2.75) is 38.1 Å². The topological polar surface area (TPSA) is 29.5 Å². The quantitative estimate of drug-likeness (QED) is 0.603. The third-order valence-corrected chi connectivity index (χ3v) is 3.08. The average Bonchev–Trinajstić information content (AvgIpc) is 3.02. The molecule has 0 aromatic heterocycles. The maximum absolute atomic E-state index is 11.0. The lowest BCUT2D eigenvalue weighted by molar-refractivity contribution is -0.141. The van der Waals surface area contributed by atoms with Gasteiger partial charge in [0, 0.05) is 19.1 Å². The maximum Gasteiger partial charge on any atom is 0.306 e. The molecule has 0 saturated heterocycles. The number of rotatable bonds is 6. The first-order valence-electron chi connectivity index (χ1n) is 5.60. The molecule has 0 bridgehead atoms. The van der Waals surface area contributed by atoms with Crippen molar-refractivity contribution in [2.75, 3.05) is 20.2 Å². The smallest absolute Gasteiger partial charge is 0.306 e. The molecule has 0 aliphatic heterocycles. The summed E-state index contributed by atoms with van der Waals surface area (Å²) in [5.41, 5.74) is 0. The number of nitrogens with zero attached hydrogens (tertiary/aromatic N) is 1. The van der Waals surface area contributed by atoms with Crippen LogP contribution in [0.3, 0.4) is 0 Å². The fourth-order valence-corrected chi connectivity index (χ4v) is 1.83. The molecule has 2 aliphatic carbocycles. The van der Waals surface area contributed by atoms with Gasteiger partial charge in [0.2, 0.25) is 0 Å². The van der Waals surface area contributed by atoms with E-state index >= 15 is 0 Å². The van der Waals surface area contributed by atoms with Crippen LogP contribution >= 0.6 is 0 Å². The Morgan fingerprint density at radius 3 is 2.57 bits per heavy atom. The van der Waals surface area contributed by atoms with Gasteiger partial charge in [-0.25, -0.2) is 0 Å². The van der Waals surface area contributed by atoms with Crippen molar-refractivity contribution in [1.82, 2.24) is 4.90 Å². The van der Waals surface area contributed by atoms with Gasteiger partial charge in [0.15, 0.2) is 0 Å².